The fourth-order valence-corrected chi connectivity index (χ4v) is 2.73. The van der Waals surface area contributed by atoms with Crippen LogP contribution >= 0.6 is 0 Å². The Morgan fingerprint density at radius 3 is 2.72 bits per heavy atom. The summed E-state index contributed by atoms with van der Waals surface area (Å²) in [6, 6.07) is 16.1. The largest absolute Gasteiger partial charge is 0.355 e. The zero-order valence-electron chi connectivity index (χ0n) is 14.1. The monoisotopic (exact) mass is 337 g/mol. The van der Waals surface area contributed by atoms with Crippen molar-refractivity contribution in [3.8, 4) is 5.69 Å². The number of hydrogen-bond donors (Lipinski definition) is 1. The Labute approximate surface area is 146 Å². The normalized spacial score (nSPS) is 10.6. The molecule has 0 aliphatic rings. The van der Waals surface area contributed by atoms with Crippen LogP contribution < -0.4 is 5.32 Å². The summed E-state index contributed by atoms with van der Waals surface area (Å²) in [5.74, 6) is 0.462. The number of imidazole rings is 1. The molecule has 0 saturated heterocycles. The Hall–Kier alpha value is -2.95. The van der Waals surface area contributed by atoms with Crippen LogP contribution in [0, 0.1) is 12.7 Å². The van der Waals surface area contributed by atoms with E-state index in [4.69, 9.17) is 0 Å². The van der Waals surface area contributed by atoms with Crippen LogP contribution in [0.4, 0.5) is 4.39 Å². The van der Waals surface area contributed by atoms with Gasteiger partial charge in [0, 0.05) is 24.8 Å². The average molecular weight is 337 g/mol. The predicted molar refractivity (Wildman–Crippen MR) is 95.1 cm³/mol. The summed E-state index contributed by atoms with van der Waals surface area (Å²) in [6.45, 7) is 2.46. The summed E-state index contributed by atoms with van der Waals surface area (Å²) >= 11 is 0. The van der Waals surface area contributed by atoms with Crippen LogP contribution in [0.2, 0.25) is 0 Å². The van der Waals surface area contributed by atoms with E-state index in [0.29, 0.717) is 18.5 Å². The molecule has 128 valence electrons. The minimum Gasteiger partial charge on any atom is -0.355 e. The number of para-hydroxylation sites is 1. The van der Waals surface area contributed by atoms with E-state index < -0.39 is 0 Å². The van der Waals surface area contributed by atoms with Crippen LogP contribution in [0.1, 0.15) is 17.1 Å². The van der Waals surface area contributed by atoms with Crippen LogP contribution in [0.3, 0.4) is 0 Å². The second kappa shape index (κ2) is 7.75. The van der Waals surface area contributed by atoms with Gasteiger partial charge in [-0.15, -0.1) is 0 Å². The topological polar surface area (TPSA) is 46.9 Å². The summed E-state index contributed by atoms with van der Waals surface area (Å²) < 4.78 is 15.2. The van der Waals surface area contributed by atoms with Crippen LogP contribution in [0.5, 0.6) is 0 Å². The fourth-order valence-electron chi connectivity index (χ4n) is 2.73. The first-order chi connectivity index (χ1) is 12.1. The number of benzene rings is 2. The van der Waals surface area contributed by atoms with E-state index in [2.05, 4.69) is 10.3 Å². The summed E-state index contributed by atoms with van der Waals surface area (Å²) in [4.78, 5) is 16.5. The van der Waals surface area contributed by atoms with Crippen molar-refractivity contribution < 1.29 is 9.18 Å². The van der Waals surface area contributed by atoms with Gasteiger partial charge in [-0.3, -0.25) is 4.79 Å². The number of hydrogen-bond acceptors (Lipinski definition) is 2. The highest BCUT2D eigenvalue weighted by Crippen LogP contribution is 2.12. The Morgan fingerprint density at radius 1 is 1.16 bits per heavy atom. The standard InChI is InChI=1S/C20H20FN3O/c1-15-23-18(14-24(15)19-8-3-2-4-9-19)10-11-22-20(25)13-16-6-5-7-17(21)12-16/h2-9,12,14H,10-11,13H2,1H3,(H,22,25). The highest BCUT2D eigenvalue weighted by molar-refractivity contribution is 5.78. The molecule has 1 N–H and O–H groups in total. The minimum atomic E-state index is -0.327. The maximum Gasteiger partial charge on any atom is 0.224 e. The molecule has 0 atom stereocenters. The molecule has 0 fully saturated rings. The van der Waals surface area contributed by atoms with E-state index in [-0.39, 0.29) is 18.1 Å². The molecule has 25 heavy (non-hydrogen) atoms. The molecule has 0 aliphatic carbocycles. The van der Waals surface area contributed by atoms with Gasteiger partial charge in [0.15, 0.2) is 0 Å². The molecule has 0 unspecified atom stereocenters. The van der Waals surface area contributed by atoms with Crippen molar-refractivity contribution in [3.63, 3.8) is 0 Å². The van der Waals surface area contributed by atoms with E-state index in [1.165, 1.54) is 12.1 Å². The minimum absolute atomic E-state index is 0.121. The third kappa shape index (κ3) is 4.53. The molecular formula is C20H20FN3O. The van der Waals surface area contributed by atoms with Crippen LogP contribution in [0.15, 0.2) is 60.8 Å². The molecule has 3 aromatic rings. The Balaban J connectivity index is 1.53. The lowest BCUT2D eigenvalue weighted by atomic mass is 10.1. The van der Waals surface area contributed by atoms with Crippen LogP contribution in [-0.4, -0.2) is 22.0 Å². The van der Waals surface area contributed by atoms with Gasteiger partial charge in [0.2, 0.25) is 5.91 Å². The maximum absolute atomic E-state index is 13.1. The number of carbonyl (C=O) groups is 1. The van der Waals surface area contributed by atoms with E-state index in [1.807, 2.05) is 48.0 Å². The average Bonchev–Trinajstić information content (AvgIpc) is 2.96. The number of nitrogens with zero attached hydrogens (tertiary/aromatic N) is 2. The summed E-state index contributed by atoms with van der Waals surface area (Å²) in [5.41, 5.74) is 2.66. The van der Waals surface area contributed by atoms with Crippen molar-refractivity contribution in [2.75, 3.05) is 6.54 Å². The van der Waals surface area contributed by atoms with Gasteiger partial charge >= 0.3 is 0 Å². The lowest BCUT2D eigenvalue weighted by Gasteiger charge is -2.04. The number of aromatic nitrogens is 2. The number of rotatable bonds is 6. The molecule has 2 aromatic carbocycles. The third-order valence-corrected chi connectivity index (χ3v) is 3.92. The van der Waals surface area contributed by atoms with Crippen molar-refractivity contribution >= 4 is 5.91 Å². The molecule has 0 radical (unpaired) electrons. The lowest BCUT2D eigenvalue weighted by Crippen LogP contribution is -2.27. The lowest BCUT2D eigenvalue weighted by molar-refractivity contribution is -0.120. The van der Waals surface area contributed by atoms with Gasteiger partial charge in [0.05, 0.1) is 12.1 Å². The molecule has 3 rings (SSSR count). The van der Waals surface area contributed by atoms with Gasteiger partial charge in [-0.05, 0) is 36.8 Å². The number of halogens is 1. The highest BCUT2D eigenvalue weighted by atomic mass is 19.1. The van der Waals surface area contributed by atoms with Crippen molar-refractivity contribution in [3.05, 3.63) is 83.7 Å². The van der Waals surface area contributed by atoms with Crippen molar-refractivity contribution in [1.29, 1.82) is 0 Å². The second-order valence-corrected chi connectivity index (χ2v) is 5.89. The number of nitrogens with one attached hydrogen (secondary N) is 1. The van der Waals surface area contributed by atoms with Gasteiger partial charge in [-0.1, -0.05) is 30.3 Å². The zero-order chi connectivity index (χ0) is 17.6. The van der Waals surface area contributed by atoms with Crippen molar-refractivity contribution in [2.24, 2.45) is 0 Å². The van der Waals surface area contributed by atoms with Gasteiger partial charge in [0.1, 0.15) is 11.6 Å². The smallest absolute Gasteiger partial charge is 0.224 e. The zero-order valence-corrected chi connectivity index (χ0v) is 14.1. The number of carbonyl (C=O) groups excluding carboxylic acids is 1. The van der Waals surface area contributed by atoms with Crippen LogP contribution in [0.25, 0.3) is 5.69 Å². The molecule has 0 saturated carbocycles. The van der Waals surface area contributed by atoms with Gasteiger partial charge in [0.25, 0.3) is 0 Å². The van der Waals surface area contributed by atoms with E-state index in [9.17, 15) is 9.18 Å². The number of amides is 1. The summed E-state index contributed by atoms with van der Waals surface area (Å²) in [5, 5.41) is 2.86. The first-order valence-electron chi connectivity index (χ1n) is 8.23. The first kappa shape index (κ1) is 16.9. The Bertz CT molecular complexity index is 858. The Kier molecular flexibility index (Phi) is 5.23. The first-order valence-corrected chi connectivity index (χ1v) is 8.23. The summed E-state index contributed by atoms with van der Waals surface area (Å²) in [6.07, 6.45) is 2.81. The molecule has 4 nitrogen and oxygen atoms in total. The molecule has 1 heterocycles. The van der Waals surface area contributed by atoms with E-state index in [1.54, 1.807) is 12.1 Å². The third-order valence-electron chi connectivity index (χ3n) is 3.92. The molecular weight excluding hydrogens is 317 g/mol. The van der Waals surface area contributed by atoms with Crippen molar-refractivity contribution in [2.45, 2.75) is 19.8 Å². The van der Waals surface area contributed by atoms with E-state index >= 15 is 0 Å². The predicted octanol–water partition coefficient (Wildman–Crippen LogP) is 3.22. The molecule has 5 heteroatoms. The molecule has 0 aliphatic heterocycles. The number of aryl methyl sites for hydroxylation is 1. The Morgan fingerprint density at radius 2 is 1.96 bits per heavy atom. The summed E-state index contributed by atoms with van der Waals surface area (Å²) in [7, 11) is 0. The van der Waals surface area contributed by atoms with Gasteiger partial charge in [-0.25, -0.2) is 9.37 Å². The SMILES string of the molecule is Cc1nc(CCNC(=O)Cc2cccc(F)c2)cn1-c1ccccc1. The molecule has 0 spiro atoms. The maximum atomic E-state index is 13.1. The molecule has 1 amide bonds. The second-order valence-electron chi connectivity index (χ2n) is 5.89. The molecule has 0 bridgehead atoms. The fraction of sp³-hybridized carbons (Fsp3) is 0.200. The van der Waals surface area contributed by atoms with Gasteiger partial charge < -0.3 is 9.88 Å². The van der Waals surface area contributed by atoms with E-state index in [0.717, 1.165) is 17.2 Å². The van der Waals surface area contributed by atoms with Gasteiger partial charge in [-0.2, -0.15) is 0 Å². The highest BCUT2D eigenvalue weighted by Gasteiger charge is 2.07. The van der Waals surface area contributed by atoms with Crippen molar-refractivity contribution in [1.82, 2.24) is 14.9 Å². The quantitative estimate of drug-likeness (QED) is 0.751. The molecule has 1 aromatic heterocycles. The van der Waals surface area contributed by atoms with Crippen LogP contribution in [-0.2, 0) is 17.6 Å².